The number of aliphatic imine (C=N–C) groups is 1. The lowest BCUT2D eigenvalue weighted by Crippen LogP contribution is -2.44. The first-order valence-corrected chi connectivity index (χ1v) is 6.62. The second-order valence-corrected chi connectivity index (χ2v) is 4.22. The number of halogens is 1. The summed E-state index contributed by atoms with van der Waals surface area (Å²) in [5.41, 5.74) is 5.94. The van der Waals surface area contributed by atoms with Gasteiger partial charge in [0.2, 0.25) is 0 Å². The molecule has 2 N–H and O–H groups in total. The summed E-state index contributed by atoms with van der Waals surface area (Å²) in [6.45, 7) is 11.8. The molecule has 0 saturated carbocycles. The zero-order chi connectivity index (χ0) is 12.5. The van der Waals surface area contributed by atoms with Gasteiger partial charge in [-0.1, -0.05) is 13.8 Å². The van der Waals surface area contributed by atoms with Gasteiger partial charge in [0.05, 0.1) is 13.2 Å². The third-order valence-corrected chi connectivity index (χ3v) is 3.14. The van der Waals surface area contributed by atoms with Crippen molar-refractivity contribution < 1.29 is 4.74 Å². The van der Waals surface area contributed by atoms with Crippen LogP contribution in [0.3, 0.4) is 0 Å². The van der Waals surface area contributed by atoms with Crippen molar-refractivity contribution in [2.45, 2.75) is 20.3 Å². The fraction of sp³-hybridized carbons (Fsp3) is 0.917. The summed E-state index contributed by atoms with van der Waals surface area (Å²) < 4.78 is 5.28. The maximum atomic E-state index is 5.94. The quantitative estimate of drug-likeness (QED) is 0.328. The van der Waals surface area contributed by atoms with Crippen LogP contribution in [0.5, 0.6) is 0 Å². The lowest BCUT2D eigenvalue weighted by atomic mass is 10.3. The number of nitrogens with zero attached hydrogens (tertiary/aromatic N) is 3. The van der Waals surface area contributed by atoms with Gasteiger partial charge in [-0.15, -0.1) is 24.0 Å². The van der Waals surface area contributed by atoms with E-state index in [-0.39, 0.29) is 24.0 Å². The summed E-state index contributed by atoms with van der Waals surface area (Å²) in [5.74, 6) is 0.674. The van der Waals surface area contributed by atoms with E-state index in [1.807, 2.05) is 0 Å². The van der Waals surface area contributed by atoms with Gasteiger partial charge in [0.25, 0.3) is 0 Å². The molecule has 1 fully saturated rings. The number of morpholine rings is 1. The molecule has 1 aliphatic rings. The molecule has 0 aliphatic carbocycles. The molecule has 6 heteroatoms. The van der Waals surface area contributed by atoms with Crippen LogP contribution in [0.1, 0.15) is 20.3 Å². The van der Waals surface area contributed by atoms with Gasteiger partial charge in [0, 0.05) is 19.6 Å². The van der Waals surface area contributed by atoms with E-state index < -0.39 is 0 Å². The van der Waals surface area contributed by atoms with E-state index in [9.17, 15) is 0 Å². The van der Waals surface area contributed by atoms with Crippen LogP contribution < -0.4 is 5.73 Å². The highest BCUT2D eigenvalue weighted by molar-refractivity contribution is 14.0. The number of guanidine groups is 1. The van der Waals surface area contributed by atoms with Gasteiger partial charge >= 0.3 is 0 Å². The minimum absolute atomic E-state index is 0. The molecule has 0 aromatic carbocycles. The highest BCUT2D eigenvalue weighted by Gasteiger charge is 2.11. The first-order valence-electron chi connectivity index (χ1n) is 6.62. The molecule has 0 aromatic rings. The van der Waals surface area contributed by atoms with Gasteiger partial charge in [0.15, 0.2) is 5.96 Å². The third-order valence-electron chi connectivity index (χ3n) is 3.14. The van der Waals surface area contributed by atoms with E-state index in [0.29, 0.717) is 5.96 Å². The Bertz CT molecular complexity index is 228. The summed E-state index contributed by atoms with van der Waals surface area (Å²) in [7, 11) is 0. The Morgan fingerprint density at radius 2 is 1.89 bits per heavy atom. The molecule has 0 unspecified atom stereocenters. The first-order chi connectivity index (χ1) is 8.27. The molecule has 0 radical (unpaired) electrons. The van der Waals surface area contributed by atoms with Gasteiger partial charge in [-0.2, -0.15) is 0 Å². The molecule has 1 heterocycles. The van der Waals surface area contributed by atoms with Crippen molar-refractivity contribution in [1.82, 2.24) is 9.80 Å². The highest BCUT2D eigenvalue weighted by Crippen LogP contribution is 1.97. The van der Waals surface area contributed by atoms with E-state index in [0.717, 1.165) is 58.9 Å². The largest absolute Gasteiger partial charge is 0.378 e. The zero-order valence-electron chi connectivity index (χ0n) is 11.6. The van der Waals surface area contributed by atoms with Gasteiger partial charge in [-0.3, -0.25) is 4.99 Å². The molecule has 0 amide bonds. The number of rotatable bonds is 6. The van der Waals surface area contributed by atoms with Crippen LogP contribution in [0, 0.1) is 0 Å². The monoisotopic (exact) mass is 370 g/mol. The molecule has 0 bridgehead atoms. The molecule has 18 heavy (non-hydrogen) atoms. The van der Waals surface area contributed by atoms with Crippen LogP contribution in [0.25, 0.3) is 0 Å². The average molecular weight is 370 g/mol. The van der Waals surface area contributed by atoms with Crippen molar-refractivity contribution in [1.29, 1.82) is 0 Å². The van der Waals surface area contributed by atoms with Crippen molar-refractivity contribution in [2.75, 3.05) is 52.5 Å². The second-order valence-electron chi connectivity index (χ2n) is 4.22. The Labute approximate surface area is 128 Å². The summed E-state index contributed by atoms with van der Waals surface area (Å²) in [4.78, 5) is 8.93. The number of nitrogens with two attached hydrogens (primary N) is 1. The Morgan fingerprint density at radius 3 is 2.44 bits per heavy atom. The topological polar surface area (TPSA) is 54.1 Å². The molecule has 5 nitrogen and oxygen atoms in total. The van der Waals surface area contributed by atoms with E-state index >= 15 is 0 Å². The molecule has 0 aromatic heterocycles. The van der Waals surface area contributed by atoms with Crippen molar-refractivity contribution in [3.05, 3.63) is 0 Å². The summed E-state index contributed by atoms with van der Waals surface area (Å²) >= 11 is 0. The predicted octanol–water partition coefficient (Wildman–Crippen LogP) is 0.983. The molecule has 0 atom stereocenters. The fourth-order valence-corrected chi connectivity index (χ4v) is 1.92. The minimum atomic E-state index is 0. The Balaban J connectivity index is 0.00000289. The van der Waals surface area contributed by atoms with Crippen LogP contribution in [-0.4, -0.2) is 68.2 Å². The fourth-order valence-electron chi connectivity index (χ4n) is 1.92. The zero-order valence-corrected chi connectivity index (χ0v) is 13.9. The van der Waals surface area contributed by atoms with Crippen LogP contribution in [0.4, 0.5) is 0 Å². The maximum Gasteiger partial charge on any atom is 0.191 e. The number of ether oxygens (including phenoxy) is 1. The predicted molar refractivity (Wildman–Crippen MR) is 86.7 cm³/mol. The lowest BCUT2D eigenvalue weighted by Gasteiger charge is -2.27. The summed E-state index contributed by atoms with van der Waals surface area (Å²) in [6.07, 6.45) is 1.08. The number of hydrogen-bond donors (Lipinski definition) is 1. The van der Waals surface area contributed by atoms with Crippen molar-refractivity contribution >= 4 is 29.9 Å². The van der Waals surface area contributed by atoms with Gasteiger partial charge in [0.1, 0.15) is 0 Å². The molecule has 108 valence electrons. The average Bonchev–Trinajstić information content (AvgIpc) is 2.40. The Morgan fingerprint density at radius 1 is 1.28 bits per heavy atom. The Hall–Kier alpha value is -0.0800. The lowest BCUT2D eigenvalue weighted by molar-refractivity contribution is 0.0674. The van der Waals surface area contributed by atoms with Crippen LogP contribution in [0.2, 0.25) is 0 Å². The van der Waals surface area contributed by atoms with Crippen LogP contribution >= 0.6 is 24.0 Å². The van der Waals surface area contributed by atoms with Crippen LogP contribution in [-0.2, 0) is 4.74 Å². The van der Waals surface area contributed by atoms with E-state index in [4.69, 9.17) is 10.5 Å². The van der Waals surface area contributed by atoms with Gasteiger partial charge in [-0.25, -0.2) is 0 Å². The van der Waals surface area contributed by atoms with E-state index in [2.05, 4.69) is 28.6 Å². The van der Waals surface area contributed by atoms with Crippen molar-refractivity contribution in [3.63, 3.8) is 0 Å². The number of hydrogen-bond acceptors (Lipinski definition) is 3. The summed E-state index contributed by atoms with van der Waals surface area (Å²) in [6, 6.07) is 0. The maximum absolute atomic E-state index is 5.94. The molecular formula is C12H27IN4O. The normalized spacial score (nSPS) is 16.8. The minimum Gasteiger partial charge on any atom is -0.378 e. The first kappa shape index (κ1) is 17.9. The second kappa shape index (κ2) is 10.8. The summed E-state index contributed by atoms with van der Waals surface area (Å²) in [5, 5.41) is 0. The van der Waals surface area contributed by atoms with Gasteiger partial charge < -0.3 is 20.3 Å². The van der Waals surface area contributed by atoms with Crippen molar-refractivity contribution in [2.24, 2.45) is 10.7 Å². The molecule has 1 aliphatic heterocycles. The van der Waals surface area contributed by atoms with Crippen molar-refractivity contribution in [3.8, 4) is 0 Å². The van der Waals surface area contributed by atoms with Gasteiger partial charge in [-0.05, 0) is 26.1 Å². The smallest absolute Gasteiger partial charge is 0.191 e. The molecule has 0 spiro atoms. The molecular weight excluding hydrogens is 343 g/mol. The van der Waals surface area contributed by atoms with E-state index in [1.165, 1.54) is 0 Å². The highest BCUT2D eigenvalue weighted by atomic mass is 127. The standard InChI is InChI=1S/C12H26N4O.HI/c1-3-15(4-2)7-5-6-14-12(13)16-8-10-17-11-9-16;/h3-11H2,1-2H3,(H2,13,14);1H. The molecule has 1 saturated heterocycles. The third kappa shape index (κ3) is 6.75. The Kier molecular flexibility index (Phi) is 10.8. The molecule has 1 rings (SSSR count). The SMILES string of the molecule is CCN(CC)CCCN=C(N)N1CCOCC1.I. The van der Waals surface area contributed by atoms with Crippen LogP contribution in [0.15, 0.2) is 4.99 Å². The van der Waals surface area contributed by atoms with E-state index in [1.54, 1.807) is 0 Å².